The zero-order chi connectivity index (χ0) is 16.6. The number of fused-ring (bicyclic) bond motifs is 1. The first kappa shape index (κ1) is 15.3. The van der Waals surface area contributed by atoms with Gasteiger partial charge in [0.2, 0.25) is 0 Å². The molecule has 0 unspecified atom stereocenters. The Morgan fingerprint density at radius 3 is 2.17 bits per heavy atom. The van der Waals surface area contributed by atoms with Gasteiger partial charge in [0, 0.05) is 16.1 Å². The highest BCUT2D eigenvalue weighted by molar-refractivity contribution is 6.31. The molecule has 3 rings (SSSR count). The lowest BCUT2D eigenvalue weighted by molar-refractivity contribution is 0.0697. The molecule has 0 aliphatic heterocycles. The van der Waals surface area contributed by atoms with Gasteiger partial charge in [0.1, 0.15) is 0 Å². The molecule has 1 N–H and O–H groups in total. The molecule has 0 saturated carbocycles. The number of hydrogen-bond donors (Lipinski definition) is 1. The summed E-state index contributed by atoms with van der Waals surface area (Å²) in [5, 5.41) is 9.99. The van der Waals surface area contributed by atoms with E-state index in [-0.39, 0.29) is 11.3 Å². The van der Waals surface area contributed by atoms with Crippen LogP contribution in [0.25, 0.3) is 11.1 Å². The summed E-state index contributed by atoms with van der Waals surface area (Å²) in [5.41, 5.74) is 2.69. The van der Waals surface area contributed by atoms with Crippen LogP contribution in [-0.4, -0.2) is 16.9 Å². The van der Waals surface area contributed by atoms with E-state index in [1.165, 1.54) is 0 Å². The van der Waals surface area contributed by atoms with Gasteiger partial charge in [0.15, 0.2) is 5.78 Å². The standard InChI is InChI=1S/C19H13ClO3/c1-11-16(18(21)12-6-5-7-13(20)10-12)14-8-3-2-4-9-15(14)17(11)19(22)23/h2-10H,1H3,(H,22,23). The zero-order valence-corrected chi connectivity index (χ0v) is 13.1. The van der Waals surface area contributed by atoms with E-state index in [9.17, 15) is 14.7 Å². The normalized spacial score (nSPS) is 10.7. The van der Waals surface area contributed by atoms with Gasteiger partial charge in [-0.25, -0.2) is 4.79 Å². The number of carboxylic acids is 1. The van der Waals surface area contributed by atoms with E-state index in [2.05, 4.69) is 0 Å². The summed E-state index contributed by atoms with van der Waals surface area (Å²) in [6.45, 7) is 1.67. The number of benzene rings is 1. The SMILES string of the molecule is Cc1c(C(=O)O)c2cccccc-2c1C(=O)c1cccc(Cl)c1. The molecule has 1 aromatic carbocycles. The Balaban J connectivity index is 2.29. The molecule has 0 fully saturated rings. The number of ketones is 1. The summed E-state index contributed by atoms with van der Waals surface area (Å²) in [6, 6.07) is 15.5. The van der Waals surface area contributed by atoms with Crippen molar-refractivity contribution >= 4 is 23.4 Å². The number of hydrogen-bond acceptors (Lipinski definition) is 2. The molecule has 0 spiro atoms. The summed E-state index contributed by atoms with van der Waals surface area (Å²) in [4.78, 5) is 24.6. The number of carbonyl (C=O) groups is 2. The minimum absolute atomic E-state index is 0.168. The first-order valence-corrected chi connectivity index (χ1v) is 7.43. The smallest absolute Gasteiger partial charge is 0.336 e. The zero-order valence-electron chi connectivity index (χ0n) is 12.3. The predicted molar refractivity (Wildman–Crippen MR) is 89.6 cm³/mol. The fourth-order valence-electron chi connectivity index (χ4n) is 2.85. The Labute approximate surface area is 138 Å². The summed E-state index contributed by atoms with van der Waals surface area (Å²) in [5.74, 6) is -1.27. The van der Waals surface area contributed by atoms with Crippen molar-refractivity contribution in [1.29, 1.82) is 0 Å². The summed E-state index contributed by atoms with van der Waals surface area (Å²) in [7, 11) is 0. The van der Waals surface area contributed by atoms with Gasteiger partial charge in [-0.3, -0.25) is 4.79 Å². The highest BCUT2D eigenvalue weighted by Gasteiger charge is 2.28. The number of rotatable bonds is 3. The van der Waals surface area contributed by atoms with Crippen LogP contribution in [0.2, 0.25) is 5.02 Å². The van der Waals surface area contributed by atoms with Crippen molar-refractivity contribution < 1.29 is 14.7 Å². The van der Waals surface area contributed by atoms with Gasteiger partial charge in [-0.05, 0) is 35.7 Å². The van der Waals surface area contributed by atoms with Gasteiger partial charge in [-0.15, -0.1) is 0 Å². The second-order valence-corrected chi connectivity index (χ2v) is 5.69. The lowest BCUT2D eigenvalue weighted by Crippen LogP contribution is -2.04. The van der Waals surface area contributed by atoms with Crippen LogP contribution >= 0.6 is 11.6 Å². The van der Waals surface area contributed by atoms with Crippen LogP contribution in [0.3, 0.4) is 0 Å². The third kappa shape index (κ3) is 2.60. The van der Waals surface area contributed by atoms with Crippen molar-refractivity contribution in [3.8, 4) is 11.1 Å². The average molecular weight is 325 g/mol. The average Bonchev–Trinajstić information content (AvgIpc) is 2.64. The number of carboxylic acid groups (broad SMARTS) is 1. The Morgan fingerprint density at radius 1 is 0.913 bits per heavy atom. The molecule has 114 valence electrons. The molecule has 2 aliphatic rings. The van der Waals surface area contributed by atoms with E-state index in [1.54, 1.807) is 61.5 Å². The Hall–Kier alpha value is -2.65. The molecule has 0 amide bonds. The third-order valence-corrected chi connectivity index (χ3v) is 4.09. The van der Waals surface area contributed by atoms with Gasteiger partial charge >= 0.3 is 5.97 Å². The van der Waals surface area contributed by atoms with Crippen LogP contribution in [0.15, 0.2) is 54.6 Å². The topological polar surface area (TPSA) is 54.4 Å². The molecule has 3 nitrogen and oxygen atoms in total. The van der Waals surface area contributed by atoms with Crippen molar-refractivity contribution in [3.05, 3.63) is 81.9 Å². The fourth-order valence-corrected chi connectivity index (χ4v) is 3.04. The Kier molecular flexibility index (Phi) is 3.89. The van der Waals surface area contributed by atoms with Gasteiger partial charge in [-0.2, -0.15) is 0 Å². The summed E-state index contributed by atoms with van der Waals surface area (Å²) >= 11 is 5.96. The number of aromatic carboxylic acids is 1. The van der Waals surface area contributed by atoms with Crippen molar-refractivity contribution in [2.45, 2.75) is 6.92 Å². The molecule has 23 heavy (non-hydrogen) atoms. The second kappa shape index (κ2) is 5.86. The maximum absolute atomic E-state index is 12.9. The molecule has 0 atom stereocenters. The summed E-state index contributed by atoms with van der Waals surface area (Å²) < 4.78 is 0. The molecule has 0 bridgehead atoms. The van der Waals surface area contributed by atoms with E-state index >= 15 is 0 Å². The van der Waals surface area contributed by atoms with Crippen molar-refractivity contribution in [2.75, 3.05) is 0 Å². The van der Waals surface area contributed by atoms with Crippen LogP contribution in [0, 0.1) is 6.92 Å². The maximum atomic E-state index is 12.9. The van der Waals surface area contributed by atoms with Crippen molar-refractivity contribution in [2.24, 2.45) is 0 Å². The van der Waals surface area contributed by atoms with Gasteiger partial charge in [0.05, 0.1) is 5.56 Å². The van der Waals surface area contributed by atoms with E-state index in [0.717, 1.165) is 0 Å². The van der Waals surface area contributed by atoms with Gasteiger partial charge in [0.25, 0.3) is 0 Å². The quantitative estimate of drug-likeness (QED) is 0.711. The first-order chi connectivity index (χ1) is 11.0. The summed E-state index contributed by atoms with van der Waals surface area (Å²) in [6.07, 6.45) is 0. The second-order valence-electron chi connectivity index (χ2n) is 5.26. The van der Waals surface area contributed by atoms with Crippen LogP contribution in [0.4, 0.5) is 0 Å². The van der Waals surface area contributed by atoms with E-state index in [0.29, 0.717) is 32.8 Å². The Bertz CT molecular complexity index is 899. The van der Waals surface area contributed by atoms with Crippen LogP contribution < -0.4 is 0 Å². The minimum atomic E-state index is -1.04. The van der Waals surface area contributed by atoms with Crippen molar-refractivity contribution in [3.63, 3.8) is 0 Å². The number of halogens is 1. The van der Waals surface area contributed by atoms with Gasteiger partial charge in [-0.1, -0.05) is 54.1 Å². The van der Waals surface area contributed by atoms with E-state index in [1.807, 2.05) is 0 Å². The first-order valence-electron chi connectivity index (χ1n) is 7.05. The van der Waals surface area contributed by atoms with Crippen LogP contribution in [0.1, 0.15) is 31.8 Å². The minimum Gasteiger partial charge on any atom is -0.478 e. The fraction of sp³-hybridized carbons (Fsp3) is 0.0526. The molecule has 2 aliphatic carbocycles. The highest BCUT2D eigenvalue weighted by Crippen LogP contribution is 2.37. The monoisotopic (exact) mass is 324 g/mol. The molecule has 1 aromatic rings. The lowest BCUT2D eigenvalue weighted by atomic mass is 9.99. The molecule has 0 aromatic heterocycles. The predicted octanol–water partition coefficient (Wildman–Crippen LogP) is 4.68. The van der Waals surface area contributed by atoms with Crippen LogP contribution in [-0.2, 0) is 0 Å². The molecule has 0 radical (unpaired) electrons. The van der Waals surface area contributed by atoms with Gasteiger partial charge < -0.3 is 5.11 Å². The highest BCUT2D eigenvalue weighted by atomic mass is 35.5. The van der Waals surface area contributed by atoms with Crippen LogP contribution in [0.5, 0.6) is 0 Å². The molecule has 0 saturated heterocycles. The molecular weight excluding hydrogens is 312 g/mol. The lowest BCUT2D eigenvalue weighted by Gasteiger charge is -2.04. The molecule has 4 heteroatoms. The van der Waals surface area contributed by atoms with E-state index < -0.39 is 5.97 Å². The van der Waals surface area contributed by atoms with Crippen molar-refractivity contribution in [1.82, 2.24) is 0 Å². The molecule has 0 heterocycles. The third-order valence-electron chi connectivity index (χ3n) is 3.85. The number of carbonyl (C=O) groups excluding carboxylic acids is 1. The molecular formula is C19H13ClO3. The Morgan fingerprint density at radius 2 is 1.57 bits per heavy atom. The maximum Gasteiger partial charge on any atom is 0.336 e. The van der Waals surface area contributed by atoms with E-state index in [4.69, 9.17) is 11.6 Å². The largest absolute Gasteiger partial charge is 0.478 e.